The van der Waals surface area contributed by atoms with Gasteiger partial charge in [0.05, 0.1) is 11.0 Å². The van der Waals surface area contributed by atoms with E-state index in [2.05, 4.69) is 5.32 Å². The second kappa shape index (κ2) is 10.2. The maximum atomic E-state index is 13.7. The summed E-state index contributed by atoms with van der Waals surface area (Å²) in [5.41, 5.74) is 2.92. The largest absolute Gasteiger partial charge is 0.352 e. The molecule has 3 aromatic rings. The highest BCUT2D eigenvalue weighted by Crippen LogP contribution is 2.19. The summed E-state index contributed by atoms with van der Waals surface area (Å²) in [5.74, 6) is -0.509. The van der Waals surface area contributed by atoms with E-state index in [-0.39, 0.29) is 42.2 Å². The van der Waals surface area contributed by atoms with Gasteiger partial charge < -0.3 is 10.2 Å². The van der Waals surface area contributed by atoms with Crippen molar-refractivity contribution in [1.82, 2.24) is 19.4 Å². The molecule has 8 heteroatoms. The van der Waals surface area contributed by atoms with Crippen LogP contribution in [0, 0.1) is 18.7 Å². The number of hydrogen-bond acceptors (Lipinski definition) is 3. The van der Waals surface area contributed by atoms with Gasteiger partial charge in [-0.15, -0.1) is 0 Å². The van der Waals surface area contributed by atoms with Crippen LogP contribution in [0.25, 0.3) is 11.0 Å². The predicted octanol–water partition coefficient (Wildman–Crippen LogP) is 3.22. The third-order valence-corrected chi connectivity index (χ3v) is 6.71. The molecule has 4 rings (SSSR count). The van der Waals surface area contributed by atoms with E-state index in [0.29, 0.717) is 44.6 Å². The molecule has 0 aliphatic carbocycles. The summed E-state index contributed by atoms with van der Waals surface area (Å²) in [4.78, 5) is 39.9. The van der Waals surface area contributed by atoms with Crippen molar-refractivity contribution in [2.24, 2.45) is 5.92 Å². The van der Waals surface area contributed by atoms with E-state index in [1.807, 2.05) is 37.3 Å². The summed E-state index contributed by atoms with van der Waals surface area (Å²) in [6.45, 7) is 5.86. The second-order valence-electron chi connectivity index (χ2n) is 8.87. The number of likely N-dealkylation sites (tertiary alicyclic amines) is 1. The Morgan fingerprint density at radius 3 is 2.38 bits per heavy atom. The molecule has 1 aromatic heterocycles. The normalized spacial score (nSPS) is 14.5. The molecule has 2 aromatic carbocycles. The second-order valence-corrected chi connectivity index (χ2v) is 8.87. The van der Waals surface area contributed by atoms with Crippen LogP contribution in [-0.4, -0.2) is 38.9 Å². The molecule has 0 spiro atoms. The minimum atomic E-state index is -0.278. The Hall–Kier alpha value is -3.42. The molecule has 34 heavy (non-hydrogen) atoms. The van der Waals surface area contributed by atoms with Gasteiger partial charge in [-0.25, -0.2) is 9.18 Å². The average molecular weight is 467 g/mol. The Labute approximate surface area is 198 Å². The van der Waals surface area contributed by atoms with Gasteiger partial charge in [-0.2, -0.15) is 0 Å². The van der Waals surface area contributed by atoms with Gasteiger partial charge in [0.1, 0.15) is 5.82 Å². The van der Waals surface area contributed by atoms with Gasteiger partial charge in [0.25, 0.3) is 0 Å². The number of piperidine rings is 1. The number of amides is 2. The van der Waals surface area contributed by atoms with Crippen molar-refractivity contribution in [3.05, 3.63) is 69.9 Å². The zero-order valence-electron chi connectivity index (χ0n) is 19.7. The molecular formula is C26H31FN4O3. The Balaban J connectivity index is 1.28. The number of fused-ring (bicyclic) bond motifs is 1. The lowest BCUT2D eigenvalue weighted by Gasteiger charge is -2.31. The van der Waals surface area contributed by atoms with Gasteiger partial charge in [-0.05, 0) is 56.0 Å². The number of nitrogens with one attached hydrogen (secondary N) is 1. The number of halogens is 1. The van der Waals surface area contributed by atoms with Crippen molar-refractivity contribution in [2.75, 3.05) is 13.1 Å². The zero-order valence-corrected chi connectivity index (χ0v) is 19.7. The number of carbonyl (C=O) groups excluding carboxylic acids is 2. The van der Waals surface area contributed by atoms with Crippen LogP contribution >= 0.6 is 0 Å². The summed E-state index contributed by atoms with van der Waals surface area (Å²) in [7, 11) is 0. The first kappa shape index (κ1) is 23.7. The lowest BCUT2D eigenvalue weighted by atomic mass is 9.95. The maximum Gasteiger partial charge on any atom is 0.329 e. The van der Waals surface area contributed by atoms with E-state index in [9.17, 15) is 18.8 Å². The predicted molar refractivity (Wildman–Crippen MR) is 129 cm³/mol. The summed E-state index contributed by atoms with van der Waals surface area (Å²) >= 11 is 0. The van der Waals surface area contributed by atoms with Crippen LogP contribution in [0.1, 0.15) is 37.3 Å². The molecule has 1 fully saturated rings. The zero-order chi connectivity index (χ0) is 24.2. The number of aromatic nitrogens is 2. The molecule has 0 unspecified atom stereocenters. The Bertz CT molecular complexity index is 1250. The van der Waals surface area contributed by atoms with Crippen molar-refractivity contribution >= 4 is 22.8 Å². The van der Waals surface area contributed by atoms with Gasteiger partial charge in [0.2, 0.25) is 11.8 Å². The average Bonchev–Trinajstić information content (AvgIpc) is 3.13. The van der Waals surface area contributed by atoms with Crippen LogP contribution in [0.3, 0.4) is 0 Å². The van der Waals surface area contributed by atoms with Crippen LogP contribution in [0.15, 0.2) is 47.3 Å². The SMILES string of the molecule is CCn1c(=O)n(CCC(=O)N2CCC(C(=O)NCc3ccc(C)c(F)c3)CC2)c2ccccc21. The van der Waals surface area contributed by atoms with Crippen molar-refractivity contribution < 1.29 is 14.0 Å². The summed E-state index contributed by atoms with van der Waals surface area (Å²) < 4.78 is 17.1. The monoisotopic (exact) mass is 466 g/mol. The van der Waals surface area contributed by atoms with Gasteiger partial charge in [-0.3, -0.25) is 18.7 Å². The Morgan fingerprint density at radius 1 is 1.06 bits per heavy atom. The van der Waals surface area contributed by atoms with Crippen LogP contribution in [0.5, 0.6) is 0 Å². The van der Waals surface area contributed by atoms with Crippen molar-refractivity contribution in [2.45, 2.75) is 52.7 Å². The fraction of sp³-hybridized carbons (Fsp3) is 0.423. The molecule has 2 heterocycles. The minimum absolute atomic E-state index is 0.00535. The highest BCUT2D eigenvalue weighted by Gasteiger charge is 2.27. The van der Waals surface area contributed by atoms with Crippen molar-refractivity contribution in [3.8, 4) is 0 Å². The number of hydrogen-bond donors (Lipinski definition) is 1. The molecule has 7 nitrogen and oxygen atoms in total. The third kappa shape index (κ3) is 4.90. The van der Waals surface area contributed by atoms with E-state index in [1.54, 1.807) is 27.0 Å². The van der Waals surface area contributed by atoms with Crippen LogP contribution < -0.4 is 11.0 Å². The number of benzene rings is 2. The fourth-order valence-corrected chi connectivity index (χ4v) is 4.63. The molecule has 0 atom stereocenters. The molecule has 2 amide bonds. The topological polar surface area (TPSA) is 76.3 Å². The van der Waals surface area contributed by atoms with E-state index in [0.717, 1.165) is 16.6 Å². The van der Waals surface area contributed by atoms with Crippen molar-refractivity contribution in [1.29, 1.82) is 0 Å². The van der Waals surface area contributed by atoms with Crippen LogP contribution in [0.4, 0.5) is 4.39 Å². The lowest BCUT2D eigenvalue weighted by Crippen LogP contribution is -2.43. The number of aryl methyl sites for hydroxylation is 3. The molecule has 1 N–H and O–H groups in total. The summed E-state index contributed by atoms with van der Waals surface area (Å²) in [6, 6.07) is 12.6. The van der Waals surface area contributed by atoms with Crippen molar-refractivity contribution in [3.63, 3.8) is 0 Å². The number of para-hydroxylation sites is 2. The molecule has 180 valence electrons. The molecule has 0 saturated carbocycles. The Morgan fingerprint density at radius 2 is 1.74 bits per heavy atom. The number of carbonyl (C=O) groups is 2. The van der Waals surface area contributed by atoms with E-state index in [1.165, 1.54) is 6.07 Å². The maximum absolute atomic E-state index is 13.7. The standard InChI is InChI=1S/C26H31FN4O3/c1-3-30-22-6-4-5-7-23(22)31(26(30)34)15-12-24(32)29-13-10-20(11-14-29)25(33)28-17-19-9-8-18(2)21(27)16-19/h4-9,16,20H,3,10-15,17H2,1-2H3,(H,28,33). The first-order valence-electron chi connectivity index (χ1n) is 11.9. The molecular weight excluding hydrogens is 435 g/mol. The van der Waals surface area contributed by atoms with Gasteiger partial charge >= 0.3 is 5.69 Å². The van der Waals surface area contributed by atoms with E-state index < -0.39 is 0 Å². The first-order chi connectivity index (χ1) is 16.4. The Kier molecular flexibility index (Phi) is 7.14. The first-order valence-corrected chi connectivity index (χ1v) is 11.9. The number of rotatable bonds is 7. The summed E-state index contributed by atoms with van der Waals surface area (Å²) in [6.07, 6.45) is 1.43. The van der Waals surface area contributed by atoms with Gasteiger partial charge in [0.15, 0.2) is 0 Å². The molecule has 1 aliphatic rings. The van der Waals surface area contributed by atoms with Crippen LogP contribution in [-0.2, 0) is 29.2 Å². The molecule has 1 saturated heterocycles. The van der Waals surface area contributed by atoms with E-state index in [4.69, 9.17) is 0 Å². The molecule has 0 radical (unpaired) electrons. The highest BCUT2D eigenvalue weighted by molar-refractivity contribution is 5.80. The van der Waals surface area contributed by atoms with Crippen LogP contribution in [0.2, 0.25) is 0 Å². The third-order valence-electron chi connectivity index (χ3n) is 6.71. The quantitative estimate of drug-likeness (QED) is 0.581. The summed E-state index contributed by atoms with van der Waals surface area (Å²) in [5, 5.41) is 2.89. The van der Waals surface area contributed by atoms with E-state index >= 15 is 0 Å². The fourth-order valence-electron chi connectivity index (χ4n) is 4.63. The number of nitrogens with zero attached hydrogens (tertiary/aromatic N) is 3. The highest BCUT2D eigenvalue weighted by atomic mass is 19.1. The van der Waals surface area contributed by atoms with Gasteiger partial charge in [0, 0.05) is 45.1 Å². The smallest absolute Gasteiger partial charge is 0.329 e. The molecule has 0 bridgehead atoms. The minimum Gasteiger partial charge on any atom is -0.352 e. The number of imidazole rings is 1. The lowest BCUT2D eigenvalue weighted by molar-refractivity contribution is -0.135. The van der Waals surface area contributed by atoms with Gasteiger partial charge in [-0.1, -0.05) is 24.3 Å². The molecule has 1 aliphatic heterocycles.